The minimum atomic E-state index is -0.0511. The summed E-state index contributed by atoms with van der Waals surface area (Å²) in [7, 11) is 0. The summed E-state index contributed by atoms with van der Waals surface area (Å²) in [4.78, 5) is 0. The first-order valence-corrected chi connectivity index (χ1v) is 7.85. The van der Waals surface area contributed by atoms with Gasteiger partial charge in [0.15, 0.2) is 0 Å². The van der Waals surface area contributed by atoms with Crippen LogP contribution in [0.3, 0.4) is 0 Å². The predicted octanol–water partition coefficient (Wildman–Crippen LogP) is 5.76. The predicted molar refractivity (Wildman–Crippen MR) is 89.5 cm³/mol. The number of phenolic OH excluding ortho intramolecular Hbond substituents is 1. The van der Waals surface area contributed by atoms with E-state index < -0.39 is 0 Å². The summed E-state index contributed by atoms with van der Waals surface area (Å²) >= 11 is 0. The molecular weight excluding hydrogens is 244 g/mol. The maximum Gasteiger partial charge on any atom is 0.123 e. The maximum atomic E-state index is 10.7. The minimum Gasteiger partial charge on any atom is -0.507 e. The van der Waals surface area contributed by atoms with E-state index >= 15 is 0 Å². The Morgan fingerprint density at radius 2 is 1.85 bits per heavy atom. The standard InChI is InChI=1S/C19H30O/c1-7-9-11-15-13-14(3)16(12-10-8-2)17(18(15)20)19(4,5)6/h10,12-13,20H,7-9,11H2,1-6H3. The van der Waals surface area contributed by atoms with Crippen molar-refractivity contribution in [3.8, 4) is 5.75 Å². The van der Waals surface area contributed by atoms with Crippen LogP contribution in [0.5, 0.6) is 5.75 Å². The average Bonchev–Trinajstić information content (AvgIpc) is 2.35. The molecular formula is C19H30O. The molecule has 0 aliphatic carbocycles. The van der Waals surface area contributed by atoms with E-state index in [9.17, 15) is 5.11 Å². The van der Waals surface area contributed by atoms with Crippen molar-refractivity contribution in [2.24, 2.45) is 0 Å². The zero-order chi connectivity index (χ0) is 15.3. The SMILES string of the molecule is CCC=Cc1c(C)cc(CCCC)c(O)c1C(C)(C)C. The molecule has 0 atom stereocenters. The second kappa shape index (κ2) is 6.97. The van der Waals surface area contributed by atoms with Crippen molar-refractivity contribution in [3.05, 3.63) is 34.4 Å². The summed E-state index contributed by atoms with van der Waals surface area (Å²) in [6, 6.07) is 2.16. The highest BCUT2D eigenvalue weighted by Gasteiger charge is 2.24. The van der Waals surface area contributed by atoms with E-state index in [-0.39, 0.29) is 5.41 Å². The van der Waals surface area contributed by atoms with Crippen LogP contribution >= 0.6 is 0 Å². The largest absolute Gasteiger partial charge is 0.507 e. The molecule has 0 aromatic heterocycles. The van der Waals surface area contributed by atoms with Crippen molar-refractivity contribution in [2.75, 3.05) is 0 Å². The molecule has 0 saturated heterocycles. The van der Waals surface area contributed by atoms with Crippen molar-refractivity contribution < 1.29 is 5.11 Å². The molecule has 112 valence electrons. The molecule has 0 spiro atoms. The molecule has 1 nitrogen and oxygen atoms in total. The monoisotopic (exact) mass is 274 g/mol. The first-order chi connectivity index (χ1) is 9.32. The van der Waals surface area contributed by atoms with E-state index in [4.69, 9.17) is 0 Å². The molecule has 0 fully saturated rings. The van der Waals surface area contributed by atoms with Gasteiger partial charge < -0.3 is 5.11 Å². The number of rotatable bonds is 5. The summed E-state index contributed by atoms with van der Waals surface area (Å²) < 4.78 is 0. The van der Waals surface area contributed by atoms with Crippen LogP contribution in [-0.4, -0.2) is 5.11 Å². The molecule has 0 saturated carbocycles. The minimum absolute atomic E-state index is 0.0511. The van der Waals surface area contributed by atoms with Crippen molar-refractivity contribution in [1.82, 2.24) is 0 Å². The maximum absolute atomic E-state index is 10.7. The van der Waals surface area contributed by atoms with E-state index in [1.54, 1.807) is 0 Å². The lowest BCUT2D eigenvalue weighted by molar-refractivity contribution is 0.438. The molecule has 1 rings (SSSR count). The Hall–Kier alpha value is -1.24. The Kier molecular flexibility index (Phi) is 5.86. The van der Waals surface area contributed by atoms with Crippen LogP contribution in [0.1, 0.15) is 76.1 Å². The summed E-state index contributed by atoms with van der Waals surface area (Å²) in [5, 5.41) is 10.7. The lowest BCUT2D eigenvalue weighted by Gasteiger charge is -2.26. The van der Waals surface area contributed by atoms with Gasteiger partial charge in [0, 0.05) is 5.56 Å². The van der Waals surface area contributed by atoms with E-state index in [1.807, 2.05) is 0 Å². The second-order valence-corrected chi connectivity index (χ2v) is 6.65. The van der Waals surface area contributed by atoms with E-state index in [0.29, 0.717) is 5.75 Å². The fourth-order valence-electron chi connectivity index (χ4n) is 2.66. The fourth-order valence-corrected chi connectivity index (χ4v) is 2.66. The number of benzene rings is 1. The molecule has 0 radical (unpaired) electrons. The van der Waals surface area contributed by atoms with Gasteiger partial charge in [0.25, 0.3) is 0 Å². The number of unbranched alkanes of at least 4 members (excludes halogenated alkanes) is 1. The highest BCUT2D eigenvalue weighted by molar-refractivity contribution is 5.65. The van der Waals surface area contributed by atoms with Gasteiger partial charge in [-0.25, -0.2) is 0 Å². The number of hydrogen-bond donors (Lipinski definition) is 1. The highest BCUT2D eigenvalue weighted by atomic mass is 16.3. The van der Waals surface area contributed by atoms with E-state index in [0.717, 1.165) is 36.8 Å². The summed E-state index contributed by atoms with van der Waals surface area (Å²) in [5.41, 5.74) is 4.60. The molecule has 0 unspecified atom stereocenters. The molecule has 0 aliphatic heterocycles. The van der Waals surface area contributed by atoms with Crippen LogP contribution in [0.15, 0.2) is 12.1 Å². The topological polar surface area (TPSA) is 20.2 Å². The van der Waals surface area contributed by atoms with E-state index in [2.05, 4.69) is 59.8 Å². The first-order valence-electron chi connectivity index (χ1n) is 7.85. The van der Waals surface area contributed by atoms with Crippen LogP contribution in [0.4, 0.5) is 0 Å². The van der Waals surface area contributed by atoms with Gasteiger partial charge >= 0.3 is 0 Å². The molecule has 0 aliphatic rings. The molecule has 20 heavy (non-hydrogen) atoms. The quantitative estimate of drug-likeness (QED) is 0.723. The molecule has 0 amide bonds. The number of aryl methyl sites for hydroxylation is 2. The Morgan fingerprint density at radius 3 is 2.35 bits per heavy atom. The molecule has 0 heterocycles. The Balaban J connectivity index is 3.46. The zero-order valence-corrected chi connectivity index (χ0v) is 14.0. The number of aromatic hydroxyl groups is 1. The van der Waals surface area contributed by atoms with Crippen molar-refractivity contribution in [2.45, 2.75) is 72.6 Å². The van der Waals surface area contributed by atoms with Gasteiger partial charge in [-0.15, -0.1) is 0 Å². The molecule has 1 aromatic rings. The lowest BCUT2D eigenvalue weighted by atomic mass is 9.79. The van der Waals surface area contributed by atoms with Gasteiger partial charge in [0.05, 0.1) is 0 Å². The molecule has 0 bridgehead atoms. The third kappa shape index (κ3) is 3.88. The molecule has 1 heteroatoms. The lowest BCUT2D eigenvalue weighted by Crippen LogP contribution is -2.15. The van der Waals surface area contributed by atoms with Crippen molar-refractivity contribution in [3.63, 3.8) is 0 Å². The van der Waals surface area contributed by atoms with Gasteiger partial charge in [0.1, 0.15) is 5.75 Å². The van der Waals surface area contributed by atoms with Crippen molar-refractivity contribution >= 4 is 6.08 Å². The van der Waals surface area contributed by atoms with Crippen LogP contribution < -0.4 is 0 Å². The summed E-state index contributed by atoms with van der Waals surface area (Å²) in [5.74, 6) is 0.507. The number of allylic oxidation sites excluding steroid dienone is 1. The third-order valence-corrected chi connectivity index (χ3v) is 3.70. The Morgan fingerprint density at radius 1 is 1.20 bits per heavy atom. The smallest absolute Gasteiger partial charge is 0.123 e. The highest BCUT2D eigenvalue weighted by Crippen LogP contribution is 2.39. The van der Waals surface area contributed by atoms with Crippen LogP contribution in [0.25, 0.3) is 6.08 Å². The summed E-state index contributed by atoms with van der Waals surface area (Å²) in [6.07, 6.45) is 8.59. The molecule has 1 aromatic carbocycles. The number of hydrogen-bond acceptors (Lipinski definition) is 1. The normalized spacial score (nSPS) is 12.3. The van der Waals surface area contributed by atoms with Gasteiger partial charge in [-0.3, -0.25) is 0 Å². The van der Waals surface area contributed by atoms with Crippen LogP contribution in [0.2, 0.25) is 0 Å². The third-order valence-electron chi connectivity index (χ3n) is 3.70. The number of phenols is 1. The van der Waals surface area contributed by atoms with Gasteiger partial charge in [-0.2, -0.15) is 0 Å². The van der Waals surface area contributed by atoms with Crippen LogP contribution in [-0.2, 0) is 11.8 Å². The Labute approximate surface area is 124 Å². The fraction of sp³-hybridized carbons (Fsp3) is 0.579. The van der Waals surface area contributed by atoms with Gasteiger partial charge in [-0.05, 0) is 48.3 Å². The second-order valence-electron chi connectivity index (χ2n) is 6.65. The molecule has 1 N–H and O–H groups in total. The van der Waals surface area contributed by atoms with Crippen molar-refractivity contribution in [1.29, 1.82) is 0 Å². The van der Waals surface area contributed by atoms with Crippen LogP contribution in [0, 0.1) is 6.92 Å². The van der Waals surface area contributed by atoms with Gasteiger partial charge in [0.2, 0.25) is 0 Å². The first kappa shape index (κ1) is 16.8. The van der Waals surface area contributed by atoms with Gasteiger partial charge in [-0.1, -0.05) is 59.3 Å². The van der Waals surface area contributed by atoms with E-state index in [1.165, 1.54) is 11.1 Å². The zero-order valence-electron chi connectivity index (χ0n) is 14.0. The average molecular weight is 274 g/mol. The summed E-state index contributed by atoms with van der Waals surface area (Å²) in [6.45, 7) is 13.0. The Bertz CT molecular complexity index is 476.